The van der Waals surface area contributed by atoms with Crippen LogP contribution in [-0.2, 0) is 24.2 Å². The van der Waals surface area contributed by atoms with E-state index in [0.717, 1.165) is 45.6 Å². The highest BCUT2D eigenvalue weighted by Crippen LogP contribution is 2.35. The van der Waals surface area contributed by atoms with Crippen LogP contribution in [0.1, 0.15) is 28.8 Å². The van der Waals surface area contributed by atoms with Crippen LogP contribution in [0.15, 0.2) is 35.7 Å². The van der Waals surface area contributed by atoms with E-state index in [-0.39, 0.29) is 11.7 Å². The lowest BCUT2D eigenvalue weighted by Gasteiger charge is -2.48. The van der Waals surface area contributed by atoms with E-state index < -0.39 is 5.34 Å². The Balaban J connectivity index is 1.22. The summed E-state index contributed by atoms with van der Waals surface area (Å²) in [5, 5.41) is 13.6. The van der Waals surface area contributed by atoms with Gasteiger partial charge in [0.2, 0.25) is 0 Å². The van der Waals surface area contributed by atoms with E-state index in [1.807, 2.05) is 6.07 Å². The minimum atomic E-state index is -0.814. The minimum absolute atomic E-state index is 0.243. The van der Waals surface area contributed by atoms with Crippen molar-refractivity contribution >= 4 is 44.4 Å². The standard InChI is InChI=1S/C24H24B2ClFN4OS/c25-24(26,16-6-9-33-10-7-16)32-8-5-18-15(14-34-22(18)13-32)12-29-23-4-3-21(30-31-23)19-11-17(28)1-2-20(19)27/h1-4,11,14,16H,5-10,12-13H2,(H,29,31). The van der Waals surface area contributed by atoms with Gasteiger partial charge < -0.3 is 15.0 Å². The zero-order valence-corrected chi connectivity index (χ0v) is 20.3. The third-order valence-electron chi connectivity index (χ3n) is 6.79. The van der Waals surface area contributed by atoms with E-state index in [1.165, 1.54) is 34.2 Å². The third kappa shape index (κ3) is 4.89. The number of hydrogen-bond donors (Lipinski definition) is 1. The molecular weight excluding hydrogens is 468 g/mol. The topological polar surface area (TPSA) is 50.3 Å². The van der Waals surface area contributed by atoms with Crippen LogP contribution in [0.3, 0.4) is 0 Å². The van der Waals surface area contributed by atoms with E-state index in [4.69, 9.17) is 32.0 Å². The van der Waals surface area contributed by atoms with Crippen LogP contribution in [0.4, 0.5) is 10.2 Å². The zero-order valence-electron chi connectivity index (χ0n) is 18.8. The van der Waals surface area contributed by atoms with Crippen molar-refractivity contribution in [2.24, 2.45) is 5.92 Å². The molecule has 0 atom stereocenters. The Labute approximate surface area is 210 Å². The molecule has 1 N–H and O–H groups in total. The van der Waals surface area contributed by atoms with E-state index in [1.54, 1.807) is 17.4 Å². The lowest BCUT2D eigenvalue weighted by atomic mass is 9.52. The summed E-state index contributed by atoms with van der Waals surface area (Å²) in [6.45, 7) is 3.72. The van der Waals surface area contributed by atoms with Crippen LogP contribution in [0.5, 0.6) is 0 Å². The number of nitrogens with zero attached hydrogens (tertiary/aromatic N) is 3. The summed E-state index contributed by atoms with van der Waals surface area (Å²) in [7, 11) is 13.3. The fourth-order valence-corrected chi connectivity index (χ4v) is 6.07. The first-order valence-corrected chi connectivity index (χ1v) is 12.7. The molecule has 0 aliphatic carbocycles. The van der Waals surface area contributed by atoms with Gasteiger partial charge in [0.05, 0.1) is 26.4 Å². The first-order valence-electron chi connectivity index (χ1n) is 11.4. The van der Waals surface area contributed by atoms with E-state index in [9.17, 15) is 4.39 Å². The van der Waals surface area contributed by atoms with Gasteiger partial charge in [-0.3, -0.25) is 0 Å². The summed E-state index contributed by atoms with van der Waals surface area (Å²) in [5.74, 6) is 0.530. The summed E-state index contributed by atoms with van der Waals surface area (Å²) >= 11 is 7.93. The van der Waals surface area contributed by atoms with Gasteiger partial charge in [-0.1, -0.05) is 16.9 Å². The van der Waals surface area contributed by atoms with Crippen molar-refractivity contribution in [2.45, 2.75) is 37.7 Å². The second kappa shape index (κ2) is 9.97. The quantitative estimate of drug-likeness (QED) is 0.518. The minimum Gasteiger partial charge on any atom is -0.381 e. The van der Waals surface area contributed by atoms with Crippen molar-refractivity contribution in [3.05, 3.63) is 62.6 Å². The van der Waals surface area contributed by atoms with Gasteiger partial charge in [-0.2, -0.15) is 0 Å². The fourth-order valence-electron chi connectivity index (χ4n) is 4.74. The molecule has 5 nitrogen and oxygen atoms in total. The molecule has 0 unspecified atom stereocenters. The zero-order chi connectivity index (χ0) is 23.7. The lowest BCUT2D eigenvalue weighted by molar-refractivity contribution is 0.0311. The highest BCUT2D eigenvalue weighted by molar-refractivity contribution is 7.10. The largest absolute Gasteiger partial charge is 0.381 e. The van der Waals surface area contributed by atoms with Crippen molar-refractivity contribution in [1.29, 1.82) is 0 Å². The van der Waals surface area contributed by atoms with Crippen LogP contribution in [0.2, 0.25) is 5.02 Å². The highest BCUT2D eigenvalue weighted by atomic mass is 35.5. The predicted molar refractivity (Wildman–Crippen MR) is 136 cm³/mol. The SMILES string of the molecule is [B]C([B])(C1CCOCC1)N1CCc2c(CNc3ccc(-c4cc(F)ccc4Cl)nn3)csc2C1. The van der Waals surface area contributed by atoms with Gasteiger partial charge >= 0.3 is 0 Å². The Morgan fingerprint density at radius 3 is 2.79 bits per heavy atom. The Hall–Kier alpha value is -1.93. The molecule has 172 valence electrons. The molecule has 4 heterocycles. The van der Waals surface area contributed by atoms with Crippen molar-refractivity contribution in [1.82, 2.24) is 15.1 Å². The molecule has 3 aromatic rings. The van der Waals surface area contributed by atoms with Crippen molar-refractivity contribution in [3.8, 4) is 11.3 Å². The van der Waals surface area contributed by atoms with Gasteiger partial charge in [0.1, 0.15) is 11.6 Å². The molecule has 5 rings (SSSR count). The molecular formula is C24H24B2ClFN4OS. The molecule has 0 spiro atoms. The first-order chi connectivity index (χ1) is 16.4. The highest BCUT2D eigenvalue weighted by Gasteiger charge is 2.37. The molecule has 0 amide bonds. The third-order valence-corrected chi connectivity index (χ3v) is 8.18. The van der Waals surface area contributed by atoms with Crippen LogP contribution in [0, 0.1) is 11.7 Å². The number of anilines is 1. The van der Waals surface area contributed by atoms with Gasteiger partial charge in [0.15, 0.2) is 0 Å². The molecule has 34 heavy (non-hydrogen) atoms. The summed E-state index contributed by atoms with van der Waals surface area (Å²) in [6.07, 6.45) is 2.72. The number of halogens is 2. The molecule has 1 fully saturated rings. The lowest BCUT2D eigenvalue weighted by Crippen LogP contribution is -2.57. The number of rotatable bonds is 6. The average molecular weight is 493 g/mol. The predicted octanol–water partition coefficient (Wildman–Crippen LogP) is 4.39. The molecule has 2 aromatic heterocycles. The number of benzene rings is 1. The van der Waals surface area contributed by atoms with E-state index >= 15 is 0 Å². The molecule has 0 bridgehead atoms. The second-order valence-corrected chi connectivity index (χ2v) is 10.3. The second-order valence-electron chi connectivity index (χ2n) is 8.89. The van der Waals surface area contributed by atoms with Crippen LogP contribution in [0.25, 0.3) is 11.3 Å². The molecule has 1 saturated heterocycles. The van der Waals surface area contributed by atoms with Gasteiger partial charge in [0, 0.05) is 43.3 Å². The smallest absolute Gasteiger partial charge is 0.148 e. The van der Waals surface area contributed by atoms with E-state index in [2.05, 4.69) is 25.8 Å². The number of thiophene rings is 1. The Kier molecular flexibility index (Phi) is 6.98. The van der Waals surface area contributed by atoms with Gasteiger partial charge in [-0.15, -0.1) is 21.5 Å². The van der Waals surface area contributed by atoms with Crippen molar-refractivity contribution in [2.75, 3.05) is 25.1 Å². The molecule has 4 radical (unpaired) electrons. The van der Waals surface area contributed by atoms with Gasteiger partial charge in [-0.05, 0) is 72.0 Å². The average Bonchev–Trinajstić information content (AvgIpc) is 3.27. The monoisotopic (exact) mass is 492 g/mol. The summed E-state index contributed by atoms with van der Waals surface area (Å²) < 4.78 is 19.1. The molecule has 2 aliphatic rings. The van der Waals surface area contributed by atoms with Crippen molar-refractivity contribution in [3.63, 3.8) is 0 Å². The normalized spacial score (nSPS) is 17.5. The first kappa shape index (κ1) is 23.8. The van der Waals surface area contributed by atoms with Crippen LogP contribution < -0.4 is 5.32 Å². The number of ether oxygens (including phenoxy) is 1. The maximum absolute atomic E-state index is 13.6. The molecule has 10 heteroatoms. The molecule has 0 saturated carbocycles. The number of fused-ring (bicyclic) bond motifs is 1. The Bertz CT molecular complexity index is 1150. The van der Waals surface area contributed by atoms with Crippen LogP contribution in [-0.4, -0.2) is 55.9 Å². The number of aromatic nitrogens is 2. The summed E-state index contributed by atoms with van der Waals surface area (Å²) in [4.78, 5) is 3.54. The van der Waals surface area contributed by atoms with Gasteiger partial charge in [0.25, 0.3) is 0 Å². The van der Waals surface area contributed by atoms with Crippen LogP contribution >= 0.6 is 22.9 Å². The number of nitrogens with one attached hydrogen (secondary N) is 1. The number of hydrogen-bond acceptors (Lipinski definition) is 6. The Morgan fingerprint density at radius 1 is 1.21 bits per heavy atom. The summed E-state index contributed by atoms with van der Waals surface area (Å²) in [6, 6.07) is 7.82. The Morgan fingerprint density at radius 2 is 2.03 bits per heavy atom. The van der Waals surface area contributed by atoms with E-state index in [0.29, 0.717) is 28.6 Å². The molecule has 1 aromatic carbocycles. The molecule has 2 aliphatic heterocycles. The van der Waals surface area contributed by atoms with Crippen molar-refractivity contribution < 1.29 is 9.13 Å². The fraction of sp³-hybridized carbons (Fsp3) is 0.417. The maximum Gasteiger partial charge on any atom is 0.148 e. The van der Waals surface area contributed by atoms with Gasteiger partial charge in [-0.25, -0.2) is 4.39 Å². The summed E-state index contributed by atoms with van der Waals surface area (Å²) in [5.41, 5.74) is 3.67. The maximum atomic E-state index is 13.6.